The fourth-order valence-corrected chi connectivity index (χ4v) is 3.07. The maximum atomic E-state index is 12.7. The summed E-state index contributed by atoms with van der Waals surface area (Å²) < 4.78 is 7.86. The monoisotopic (exact) mass is 354 g/mol. The van der Waals surface area contributed by atoms with Gasteiger partial charge in [0.15, 0.2) is 12.4 Å². The molecule has 4 rings (SSSR count). The molecule has 0 aliphatic heterocycles. The number of aryl methyl sites for hydroxylation is 1. The first kappa shape index (κ1) is 17.0. The van der Waals surface area contributed by atoms with Crippen molar-refractivity contribution >= 4 is 16.7 Å². The van der Waals surface area contributed by atoms with Gasteiger partial charge in [0.05, 0.1) is 11.1 Å². The van der Waals surface area contributed by atoms with E-state index < -0.39 is 6.23 Å². The Balaban J connectivity index is 1.75. The number of esters is 1. The highest BCUT2D eigenvalue weighted by molar-refractivity contribution is 5.89. The van der Waals surface area contributed by atoms with Crippen molar-refractivity contribution in [2.75, 3.05) is 0 Å². The molecule has 3 aromatic carbocycles. The number of hydrogen-bond acceptors (Lipinski definition) is 2. The molecule has 4 aromatic rings. The standard InChI is InChI=1S/C24H20NO2/c1-18-11-13-20(14-12-18)23(27-24(26)21-8-3-2-4-9-21)25-16-15-19-7-5-6-10-22(19)17-25/h2-17,23H,1H3/q+1. The van der Waals surface area contributed by atoms with Crippen LogP contribution < -0.4 is 4.57 Å². The van der Waals surface area contributed by atoms with Crippen LogP contribution >= 0.6 is 0 Å². The summed E-state index contributed by atoms with van der Waals surface area (Å²) in [5, 5.41) is 2.23. The summed E-state index contributed by atoms with van der Waals surface area (Å²) in [7, 11) is 0. The number of rotatable bonds is 4. The van der Waals surface area contributed by atoms with Crippen molar-refractivity contribution in [3.05, 3.63) is 114 Å². The molecule has 0 saturated heterocycles. The van der Waals surface area contributed by atoms with Gasteiger partial charge in [0.25, 0.3) is 0 Å². The molecule has 27 heavy (non-hydrogen) atoms. The first-order chi connectivity index (χ1) is 13.2. The minimum atomic E-state index is -0.539. The Morgan fingerprint density at radius 2 is 1.48 bits per heavy atom. The second-order valence-corrected chi connectivity index (χ2v) is 6.56. The van der Waals surface area contributed by atoms with Gasteiger partial charge < -0.3 is 4.74 Å². The lowest BCUT2D eigenvalue weighted by Gasteiger charge is -2.14. The fraction of sp³-hybridized carbons (Fsp3) is 0.0833. The summed E-state index contributed by atoms with van der Waals surface area (Å²) in [5.74, 6) is -0.346. The molecule has 1 aromatic heterocycles. The van der Waals surface area contributed by atoms with Crippen molar-refractivity contribution in [1.82, 2.24) is 0 Å². The van der Waals surface area contributed by atoms with Gasteiger partial charge in [0, 0.05) is 11.5 Å². The molecule has 0 radical (unpaired) electrons. The number of hydrogen-bond donors (Lipinski definition) is 0. The molecule has 1 atom stereocenters. The molecule has 1 unspecified atom stereocenters. The number of ether oxygens (including phenoxy) is 1. The van der Waals surface area contributed by atoms with E-state index in [0.717, 1.165) is 21.9 Å². The van der Waals surface area contributed by atoms with E-state index in [9.17, 15) is 4.79 Å². The summed E-state index contributed by atoms with van der Waals surface area (Å²) >= 11 is 0. The number of fused-ring (bicyclic) bond motifs is 1. The molecule has 1 heterocycles. The van der Waals surface area contributed by atoms with Crippen LogP contribution in [0.2, 0.25) is 0 Å². The second kappa shape index (κ2) is 7.42. The van der Waals surface area contributed by atoms with E-state index in [0.29, 0.717) is 5.56 Å². The maximum absolute atomic E-state index is 12.7. The van der Waals surface area contributed by atoms with Crippen LogP contribution in [-0.4, -0.2) is 5.97 Å². The molecule has 0 saturated carbocycles. The Morgan fingerprint density at radius 3 is 2.22 bits per heavy atom. The molecule has 3 heteroatoms. The quantitative estimate of drug-likeness (QED) is 0.388. The van der Waals surface area contributed by atoms with Gasteiger partial charge in [-0.1, -0.05) is 54.1 Å². The van der Waals surface area contributed by atoms with E-state index in [1.54, 1.807) is 12.1 Å². The third-order valence-electron chi connectivity index (χ3n) is 4.57. The summed E-state index contributed by atoms with van der Waals surface area (Å²) in [6.45, 7) is 2.04. The van der Waals surface area contributed by atoms with Gasteiger partial charge in [-0.2, -0.15) is 4.57 Å². The van der Waals surface area contributed by atoms with Gasteiger partial charge in [-0.15, -0.1) is 0 Å². The molecular formula is C24H20NO2+. The van der Waals surface area contributed by atoms with Crippen molar-refractivity contribution in [3.8, 4) is 0 Å². The zero-order valence-electron chi connectivity index (χ0n) is 15.1. The molecule has 132 valence electrons. The molecule has 0 bridgehead atoms. The van der Waals surface area contributed by atoms with E-state index in [4.69, 9.17) is 4.74 Å². The lowest BCUT2D eigenvalue weighted by atomic mass is 10.1. The highest BCUT2D eigenvalue weighted by Crippen LogP contribution is 2.19. The Kier molecular flexibility index (Phi) is 4.67. The van der Waals surface area contributed by atoms with E-state index >= 15 is 0 Å². The summed E-state index contributed by atoms with van der Waals surface area (Å²) in [6, 6.07) is 27.3. The highest BCUT2D eigenvalue weighted by atomic mass is 16.6. The molecule has 0 amide bonds. The van der Waals surface area contributed by atoms with Gasteiger partial charge in [0.2, 0.25) is 0 Å². The lowest BCUT2D eigenvalue weighted by molar-refractivity contribution is -0.745. The molecule has 0 spiro atoms. The van der Waals surface area contributed by atoms with Crippen LogP contribution in [0.4, 0.5) is 0 Å². The molecule has 0 aliphatic carbocycles. The van der Waals surface area contributed by atoms with Gasteiger partial charge in [-0.05, 0) is 42.6 Å². The SMILES string of the molecule is Cc1ccc(C(OC(=O)c2ccccc2)[n+]2ccc3ccccc3c2)cc1. The third kappa shape index (κ3) is 3.72. The zero-order valence-corrected chi connectivity index (χ0v) is 15.1. The summed E-state index contributed by atoms with van der Waals surface area (Å²) in [4.78, 5) is 12.7. The molecule has 3 nitrogen and oxygen atoms in total. The van der Waals surface area contributed by atoms with E-state index in [1.807, 2.05) is 84.5 Å². The minimum Gasteiger partial charge on any atom is -0.395 e. The topological polar surface area (TPSA) is 30.2 Å². The van der Waals surface area contributed by atoms with Crippen molar-refractivity contribution in [2.45, 2.75) is 13.2 Å². The number of nitrogens with zero attached hydrogens (tertiary/aromatic N) is 1. The molecule has 0 aliphatic rings. The molecule has 0 N–H and O–H groups in total. The Labute approximate surface area is 158 Å². The van der Waals surface area contributed by atoms with E-state index in [2.05, 4.69) is 12.1 Å². The number of pyridine rings is 1. The van der Waals surface area contributed by atoms with Crippen LogP contribution in [0, 0.1) is 6.92 Å². The summed E-state index contributed by atoms with van der Waals surface area (Å²) in [6.07, 6.45) is 3.42. The highest BCUT2D eigenvalue weighted by Gasteiger charge is 2.26. The first-order valence-corrected chi connectivity index (χ1v) is 8.93. The van der Waals surface area contributed by atoms with Crippen LogP contribution in [0.5, 0.6) is 0 Å². The first-order valence-electron chi connectivity index (χ1n) is 8.93. The normalized spacial score (nSPS) is 11.9. The van der Waals surface area contributed by atoms with Gasteiger partial charge in [0.1, 0.15) is 0 Å². The Morgan fingerprint density at radius 1 is 0.815 bits per heavy atom. The average molecular weight is 354 g/mol. The minimum absolute atomic E-state index is 0.346. The van der Waals surface area contributed by atoms with E-state index in [1.165, 1.54) is 0 Å². The third-order valence-corrected chi connectivity index (χ3v) is 4.57. The van der Waals surface area contributed by atoms with Crippen molar-refractivity contribution in [1.29, 1.82) is 0 Å². The summed E-state index contributed by atoms with van der Waals surface area (Å²) in [5.41, 5.74) is 2.62. The predicted octanol–water partition coefficient (Wildman–Crippen LogP) is 4.84. The smallest absolute Gasteiger partial charge is 0.343 e. The van der Waals surface area contributed by atoms with Crippen LogP contribution in [-0.2, 0) is 4.74 Å². The number of carbonyl (C=O) groups is 1. The number of aromatic nitrogens is 1. The zero-order chi connectivity index (χ0) is 18.6. The fourth-order valence-electron chi connectivity index (χ4n) is 3.07. The van der Waals surface area contributed by atoms with Crippen LogP contribution in [0.1, 0.15) is 27.7 Å². The van der Waals surface area contributed by atoms with Crippen molar-refractivity contribution in [3.63, 3.8) is 0 Å². The number of benzene rings is 3. The second-order valence-electron chi connectivity index (χ2n) is 6.56. The molecule has 0 fully saturated rings. The van der Waals surface area contributed by atoms with Gasteiger partial charge in [-0.3, -0.25) is 0 Å². The average Bonchev–Trinajstić information content (AvgIpc) is 2.73. The van der Waals surface area contributed by atoms with Crippen molar-refractivity contribution in [2.24, 2.45) is 0 Å². The van der Waals surface area contributed by atoms with Gasteiger partial charge >= 0.3 is 12.2 Å². The largest absolute Gasteiger partial charge is 0.395 e. The van der Waals surface area contributed by atoms with Crippen LogP contribution in [0.25, 0.3) is 10.8 Å². The van der Waals surface area contributed by atoms with Gasteiger partial charge in [-0.25, -0.2) is 4.79 Å². The maximum Gasteiger partial charge on any atom is 0.343 e. The Bertz CT molecular complexity index is 1070. The van der Waals surface area contributed by atoms with Crippen LogP contribution in [0.3, 0.4) is 0 Å². The van der Waals surface area contributed by atoms with Crippen LogP contribution in [0.15, 0.2) is 97.3 Å². The number of carbonyl (C=O) groups excluding carboxylic acids is 1. The van der Waals surface area contributed by atoms with E-state index in [-0.39, 0.29) is 5.97 Å². The Hall–Kier alpha value is -3.46. The lowest BCUT2D eigenvalue weighted by Crippen LogP contribution is -2.42. The molecular weight excluding hydrogens is 334 g/mol. The predicted molar refractivity (Wildman–Crippen MR) is 105 cm³/mol. The van der Waals surface area contributed by atoms with Crippen molar-refractivity contribution < 1.29 is 14.1 Å².